The molecule has 0 radical (unpaired) electrons. The molecule has 1 fully saturated rings. The lowest BCUT2D eigenvalue weighted by atomic mass is 9.84. The zero-order chi connectivity index (χ0) is 41.9. The topological polar surface area (TPSA) is 179 Å². The highest BCUT2D eigenvalue weighted by Crippen LogP contribution is 2.41. The summed E-state index contributed by atoms with van der Waals surface area (Å²) in [6, 6.07) is 11.1. The molecule has 3 amide bonds. The highest BCUT2D eigenvalue weighted by Gasteiger charge is 2.40. The van der Waals surface area contributed by atoms with Gasteiger partial charge in [-0.1, -0.05) is 39.8 Å². The second-order valence-electron chi connectivity index (χ2n) is 16.5. The molecule has 6 rings (SSSR count). The summed E-state index contributed by atoms with van der Waals surface area (Å²) in [5.74, 6) is -2.10. The number of nitrogens with one attached hydrogen (secondary N) is 2. The lowest BCUT2D eigenvalue weighted by Gasteiger charge is -2.34. The van der Waals surface area contributed by atoms with Gasteiger partial charge < -0.3 is 29.7 Å². The van der Waals surface area contributed by atoms with Crippen molar-refractivity contribution < 1.29 is 39.1 Å². The van der Waals surface area contributed by atoms with Gasteiger partial charge in [0.25, 0.3) is 5.91 Å². The highest BCUT2D eigenvalue weighted by molar-refractivity contribution is 5.96. The number of carbonyl (C=O) groups excluding carboxylic acids is 3. The number of amides is 3. The van der Waals surface area contributed by atoms with Crippen LogP contribution in [0.4, 0.5) is 0 Å². The van der Waals surface area contributed by atoms with Crippen LogP contribution in [0.15, 0.2) is 54.9 Å². The van der Waals surface area contributed by atoms with Gasteiger partial charge in [-0.15, -0.1) is 0 Å². The molecule has 1 saturated heterocycles. The first-order chi connectivity index (χ1) is 27.7. The van der Waals surface area contributed by atoms with Crippen LogP contribution in [0, 0.1) is 16.2 Å². The first-order valence-corrected chi connectivity index (χ1v) is 19.9. The molecule has 58 heavy (non-hydrogen) atoms. The number of hydrogen-bond acceptors (Lipinski definition) is 10. The van der Waals surface area contributed by atoms with E-state index in [0.29, 0.717) is 48.5 Å². The number of phenols is 1. The van der Waals surface area contributed by atoms with E-state index < -0.39 is 48.0 Å². The van der Waals surface area contributed by atoms with Crippen molar-refractivity contribution >= 4 is 28.6 Å². The van der Waals surface area contributed by atoms with Crippen LogP contribution < -0.4 is 10.7 Å². The van der Waals surface area contributed by atoms with Crippen molar-refractivity contribution in [2.24, 2.45) is 11.3 Å². The summed E-state index contributed by atoms with van der Waals surface area (Å²) in [4.78, 5) is 66.7. The number of hydrogen-bond donors (Lipinski definition) is 4. The van der Waals surface area contributed by atoms with Gasteiger partial charge in [0.05, 0.1) is 17.2 Å². The number of pyridine rings is 1. The average molecular weight is 799 g/mol. The molecule has 0 spiro atoms. The average Bonchev–Trinajstić information content (AvgIpc) is 3.50. The number of benzene rings is 2. The monoisotopic (exact) mass is 798 g/mol. The molecule has 4 aromatic rings. The number of fused-ring (bicyclic) bond motifs is 6. The molecule has 4 heterocycles. The van der Waals surface area contributed by atoms with Crippen LogP contribution in [0.1, 0.15) is 64.2 Å². The van der Waals surface area contributed by atoms with Gasteiger partial charge >= 0.3 is 6.17 Å². The van der Waals surface area contributed by atoms with E-state index in [0.717, 1.165) is 38.9 Å². The molecule has 0 aliphatic carbocycles. The Morgan fingerprint density at radius 2 is 1.95 bits per heavy atom. The van der Waals surface area contributed by atoms with Crippen LogP contribution in [0.5, 0.6) is 5.75 Å². The number of likely N-dealkylation sites (N-methyl/N-ethyl adjacent to an activating group) is 1. The zero-order valence-electron chi connectivity index (χ0n) is 34.4. The third kappa shape index (κ3) is 8.86. The van der Waals surface area contributed by atoms with E-state index in [9.17, 15) is 29.5 Å². The van der Waals surface area contributed by atoms with Crippen LogP contribution in [0.2, 0.25) is 0 Å². The number of nitrogens with zero attached hydrogens (tertiary/aromatic N) is 5. The molecule has 2 aromatic heterocycles. The Labute approximate surface area is 338 Å². The first kappa shape index (κ1) is 42.2. The Morgan fingerprint density at radius 1 is 1.17 bits per heavy atom. The summed E-state index contributed by atoms with van der Waals surface area (Å²) in [5, 5.41) is 25.9. The number of aliphatic hydroxyl groups is 1. The first-order valence-electron chi connectivity index (χ1n) is 19.9. The van der Waals surface area contributed by atoms with Gasteiger partial charge in [-0.05, 0) is 83.8 Å². The van der Waals surface area contributed by atoms with Gasteiger partial charge in [-0.3, -0.25) is 24.4 Å². The molecule has 2 aliphatic heterocycles. The minimum atomic E-state index is -1.16. The Bertz CT molecular complexity index is 2180. The van der Waals surface area contributed by atoms with E-state index in [2.05, 4.69) is 53.2 Å². The second-order valence-corrected chi connectivity index (χ2v) is 16.5. The van der Waals surface area contributed by atoms with Crippen LogP contribution >= 0.6 is 0 Å². The maximum atomic E-state index is 14.4. The third-order valence-corrected chi connectivity index (χ3v) is 11.1. The summed E-state index contributed by atoms with van der Waals surface area (Å²) >= 11 is 0. The minimum Gasteiger partial charge on any atom is -0.508 e. The standard InChI is InChI=1S/C43H55N7O8/c1-8-48-36-12-11-28-20-32(36)33(40(48)34-22-44-14-13-29(34)24-57-7)21-43(4,5)25-58-50(56)37-10-9-15-49(46-37)42(55)35(18-27-16-30(28)19-31(52)17-27)45-41(54)39(26(2)3)47(6)38(53)23-51/h11-14,16-17,19-20,22,26,35,37,39,46,51H,8-10,15,18,21,23-25H2,1-7H3,(H-,45,52,54)/p+1/t35-,37+,39-/m0/s1. The van der Waals surface area contributed by atoms with Gasteiger partial charge in [0, 0.05) is 74.4 Å². The normalized spacial score (nSPS) is 19.1. The Balaban J connectivity index is 1.51. The molecule has 310 valence electrons. The summed E-state index contributed by atoms with van der Waals surface area (Å²) in [5.41, 5.74) is 9.59. The van der Waals surface area contributed by atoms with E-state index >= 15 is 0 Å². The number of methoxy groups -OCH3 is 1. The molecule has 6 bridgehead atoms. The molecule has 15 heteroatoms. The molecule has 3 atom stereocenters. The number of aryl methyl sites for hydroxylation is 1. The number of carbonyl (C=O) groups is 3. The van der Waals surface area contributed by atoms with E-state index in [-0.39, 0.29) is 31.2 Å². The van der Waals surface area contributed by atoms with Gasteiger partial charge in [-0.25, -0.2) is 4.84 Å². The molecule has 2 aliphatic rings. The van der Waals surface area contributed by atoms with Gasteiger partial charge in [-0.2, -0.15) is 5.43 Å². The predicted octanol–water partition coefficient (Wildman–Crippen LogP) is 4.49. The third-order valence-electron chi connectivity index (χ3n) is 11.1. The van der Waals surface area contributed by atoms with Crippen LogP contribution in [-0.2, 0) is 50.0 Å². The molecule has 0 unspecified atom stereocenters. The lowest BCUT2D eigenvalue weighted by molar-refractivity contribution is -0.835. The second kappa shape index (κ2) is 17.6. The van der Waals surface area contributed by atoms with Crippen LogP contribution in [-0.4, -0.2) is 104 Å². The molecule has 2 aromatic carbocycles. The van der Waals surface area contributed by atoms with E-state index in [1.165, 1.54) is 17.0 Å². The van der Waals surface area contributed by atoms with Crippen molar-refractivity contribution in [3.05, 3.63) is 76.5 Å². The van der Waals surface area contributed by atoms with Gasteiger partial charge in [0.15, 0.2) is 6.61 Å². The van der Waals surface area contributed by atoms with E-state index in [1.54, 1.807) is 39.3 Å². The van der Waals surface area contributed by atoms with Crippen molar-refractivity contribution in [2.75, 3.05) is 33.9 Å². The fourth-order valence-corrected chi connectivity index (χ4v) is 8.30. The van der Waals surface area contributed by atoms with Crippen LogP contribution in [0.3, 0.4) is 0 Å². The van der Waals surface area contributed by atoms with Crippen molar-refractivity contribution in [2.45, 2.75) is 91.7 Å². The summed E-state index contributed by atoms with van der Waals surface area (Å²) in [7, 11) is 3.10. The van der Waals surface area contributed by atoms with Crippen LogP contribution in [0.25, 0.3) is 33.3 Å². The number of hydrazine groups is 1. The van der Waals surface area contributed by atoms with Crippen molar-refractivity contribution in [1.82, 2.24) is 30.2 Å². The zero-order valence-corrected chi connectivity index (χ0v) is 34.4. The van der Waals surface area contributed by atoms with Crippen molar-refractivity contribution in [3.8, 4) is 28.1 Å². The molecular weight excluding hydrogens is 743 g/mol. The molecule has 15 nitrogen and oxygen atoms in total. The highest BCUT2D eigenvalue weighted by atomic mass is 16.8. The largest absolute Gasteiger partial charge is 0.508 e. The Hall–Kier alpha value is -5.38. The summed E-state index contributed by atoms with van der Waals surface area (Å²) < 4.78 is 7.88. The summed E-state index contributed by atoms with van der Waals surface area (Å²) in [6.07, 6.45) is 4.15. The minimum absolute atomic E-state index is 0.0176. The fraction of sp³-hybridized carbons (Fsp3) is 0.488. The SMILES string of the molecule is CCn1c(-c2cnccc2COC)c2c3cc(ccc31)-c1cc(O)cc(c1)C[C@H](NC(=O)[C@H](C(C)C)N(C)C(=O)CO)C(=O)N1CCC[C@H](N1)[N+](=O)OCC(C)(C)C2. The predicted molar refractivity (Wildman–Crippen MR) is 218 cm³/mol. The maximum Gasteiger partial charge on any atom is 0.326 e. The molecule has 0 saturated carbocycles. The Morgan fingerprint density at radius 3 is 2.66 bits per heavy atom. The fourth-order valence-electron chi connectivity index (χ4n) is 8.30. The van der Waals surface area contributed by atoms with Gasteiger partial charge in [0.2, 0.25) is 16.7 Å². The maximum absolute atomic E-state index is 14.4. The van der Waals surface area contributed by atoms with E-state index in [1.807, 2.05) is 24.4 Å². The van der Waals surface area contributed by atoms with Crippen molar-refractivity contribution in [1.29, 1.82) is 0 Å². The number of aromatic nitrogens is 2. The smallest absolute Gasteiger partial charge is 0.326 e. The lowest BCUT2D eigenvalue weighted by Crippen LogP contribution is -2.62. The molecular formula is C43H56N7O8+. The number of rotatable bonds is 9. The number of phenolic OH excluding ortho intramolecular Hbond substituents is 1. The number of aliphatic hydroxyl groups excluding tert-OH is 1. The summed E-state index contributed by atoms with van der Waals surface area (Å²) in [6.45, 7) is 10.4. The van der Waals surface area contributed by atoms with Crippen molar-refractivity contribution in [3.63, 3.8) is 0 Å². The number of ether oxygens (including phenoxy) is 1. The Kier molecular flexibility index (Phi) is 12.8. The number of aromatic hydroxyl groups is 1. The quantitative estimate of drug-likeness (QED) is 0.189. The molecule has 4 N–H and O–H groups in total. The van der Waals surface area contributed by atoms with Gasteiger partial charge in [0.1, 0.15) is 24.4 Å². The van der Waals surface area contributed by atoms with E-state index in [4.69, 9.17) is 9.57 Å².